The van der Waals surface area contributed by atoms with Gasteiger partial charge < -0.3 is 4.74 Å². The summed E-state index contributed by atoms with van der Waals surface area (Å²) in [6.45, 7) is 2.04. The Kier molecular flexibility index (Phi) is 4.24. The molecular weight excluding hydrogens is 320 g/mol. The monoisotopic (exact) mass is 338 g/mol. The Morgan fingerprint density at radius 2 is 1.35 bits per heavy atom. The summed E-state index contributed by atoms with van der Waals surface area (Å²) in [6, 6.07) is 26.3. The lowest BCUT2D eigenvalue weighted by atomic mass is 10.0. The van der Waals surface area contributed by atoms with E-state index >= 15 is 0 Å². The molecule has 3 aromatic rings. The van der Waals surface area contributed by atoms with Gasteiger partial charge in [-0.1, -0.05) is 84.4 Å². The number of hydrogen-bond donors (Lipinski definition) is 0. The van der Waals surface area contributed by atoms with E-state index in [-0.39, 0.29) is 5.97 Å². The van der Waals surface area contributed by atoms with Gasteiger partial charge in [-0.2, -0.15) is 0 Å². The lowest BCUT2D eigenvalue weighted by Gasteiger charge is -2.04. The van der Waals surface area contributed by atoms with Crippen LogP contribution < -0.4 is 0 Å². The fraction of sp³-hybridized carbons (Fsp3) is 0.0417. The van der Waals surface area contributed by atoms with Crippen molar-refractivity contribution in [3.8, 4) is 11.1 Å². The number of cyclic esters (lactones) is 1. The number of benzene rings is 3. The van der Waals surface area contributed by atoms with Gasteiger partial charge in [-0.15, -0.1) is 0 Å². The van der Waals surface area contributed by atoms with Gasteiger partial charge in [-0.05, 0) is 35.8 Å². The van der Waals surface area contributed by atoms with Crippen molar-refractivity contribution < 1.29 is 9.53 Å². The van der Waals surface area contributed by atoms with Crippen LogP contribution in [0.1, 0.15) is 16.7 Å². The molecular formula is C24H18O2. The van der Waals surface area contributed by atoms with Gasteiger partial charge in [0.1, 0.15) is 5.76 Å². The third kappa shape index (κ3) is 3.35. The van der Waals surface area contributed by atoms with Crippen molar-refractivity contribution in [1.82, 2.24) is 0 Å². The first-order valence-corrected chi connectivity index (χ1v) is 8.57. The molecule has 0 N–H and O–H groups in total. The van der Waals surface area contributed by atoms with Gasteiger partial charge in [0.15, 0.2) is 0 Å². The summed E-state index contributed by atoms with van der Waals surface area (Å²) >= 11 is 0. The highest BCUT2D eigenvalue weighted by molar-refractivity contribution is 6.05. The van der Waals surface area contributed by atoms with E-state index in [0.717, 1.165) is 22.3 Å². The standard InChI is InChI=1S/C24H18O2/c1-17-7-9-18(10-8-17)15-22-16-23(26-24(22)25)21-13-11-20(12-14-21)19-5-3-2-4-6-19/h2-16H,1H3/b22-15+. The molecule has 1 heterocycles. The third-order valence-corrected chi connectivity index (χ3v) is 4.40. The highest BCUT2D eigenvalue weighted by Crippen LogP contribution is 2.29. The second kappa shape index (κ2) is 6.85. The van der Waals surface area contributed by atoms with Crippen LogP contribution in [0.4, 0.5) is 0 Å². The van der Waals surface area contributed by atoms with Crippen molar-refractivity contribution in [3.05, 3.63) is 107 Å². The van der Waals surface area contributed by atoms with E-state index < -0.39 is 0 Å². The number of hydrogen-bond acceptors (Lipinski definition) is 2. The van der Waals surface area contributed by atoms with Gasteiger partial charge in [0.2, 0.25) is 0 Å². The molecule has 0 aliphatic carbocycles. The number of carbonyl (C=O) groups excluding carboxylic acids is 1. The zero-order chi connectivity index (χ0) is 17.9. The van der Waals surface area contributed by atoms with E-state index in [0.29, 0.717) is 11.3 Å². The molecule has 0 unspecified atom stereocenters. The highest BCUT2D eigenvalue weighted by Gasteiger charge is 2.21. The van der Waals surface area contributed by atoms with Gasteiger partial charge in [-0.3, -0.25) is 0 Å². The van der Waals surface area contributed by atoms with Crippen LogP contribution in [0, 0.1) is 6.92 Å². The largest absolute Gasteiger partial charge is 0.422 e. The van der Waals surface area contributed by atoms with Crippen molar-refractivity contribution in [2.75, 3.05) is 0 Å². The Morgan fingerprint density at radius 1 is 0.731 bits per heavy atom. The fourth-order valence-corrected chi connectivity index (χ4v) is 2.93. The maximum absolute atomic E-state index is 12.2. The molecule has 2 nitrogen and oxygen atoms in total. The molecule has 26 heavy (non-hydrogen) atoms. The molecule has 0 amide bonds. The topological polar surface area (TPSA) is 26.3 Å². The smallest absolute Gasteiger partial charge is 0.343 e. The molecule has 0 aromatic heterocycles. The van der Waals surface area contributed by atoms with Gasteiger partial charge in [0.25, 0.3) is 0 Å². The van der Waals surface area contributed by atoms with Crippen molar-refractivity contribution in [3.63, 3.8) is 0 Å². The molecule has 0 radical (unpaired) electrons. The number of aryl methyl sites for hydroxylation is 1. The van der Waals surface area contributed by atoms with E-state index in [1.165, 1.54) is 5.56 Å². The molecule has 126 valence electrons. The van der Waals surface area contributed by atoms with Crippen LogP contribution in [0.5, 0.6) is 0 Å². The Bertz CT molecular complexity index is 992. The summed E-state index contributed by atoms with van der Waals surface area (Å²) in [5.41, 5.74) is 5.93. The van der Waals surface area contributed by atoms with Crippen LogP contribution in [0.25, 0.3) is 23.0 Å². The zero-order valence-corrected chi connectivity index (χ0v) is 14.5. The van der Waals surface area contributed by atoms with Crippen LogP contribution in [0.2, 0.25) is 0 Å². The lowest BCUT2D eigenvalue weighted by Crippen LogP contribution is -1.97. The molecule has 3 aromatic carbocycles. The Morgan fingerprint density at radius 3 is 2.04 bits per heavy atom. The summed E-state index contributed by atoms with van der Waals surface area (Å²) in [7, 11) is 0. The van der Waals surface area contributed by atoms with E-state index in [1.54, 1.807) is 6.08 Å². The predicted octanol–water partition coefficient (Wildman–Crippen LogP) is 5.64. The van der Waals surface area contributed by atoms with E-state index in [1.807, 2.05) is 79.7 Å². The van der Waals surface area contributed by atoms with Crippen molar-refractivity contribution in [2.45, 2.75) is 6.92 Å². The normalized spacial score (nSPS) is 15.0. The van der Waals surface area contributed by atoms with Gasteiger partial charge in [0.05, 0.1) is 5.57 Å². The summed E-state index contributed by atoms with van der Waals surface area (Å²) in [5.74, 6) is 0.278. The van der Waals surface area contributed by atoms with Crippen LogP contribution in [-0.2, 0) is 9.53 Å². The minimum absolute atomic E-state index is 0.312. The predicted molar refractivity (Wildman–Crippen MR) is 105 cm³/mol. The summed E-state index contributed by atoms with van der Waals surface area (Å²) in [4.78, 5) is 12.2. The second-order valence-electron chi connectivity index (χ2n) is 6.35. The number of rotatable bonds is 3. The lowest BCUT2D eigenvalue weighted by molar-refractivity contribution is -0.130. The van der Waals surface area contributed by atoms with Gasteiger partial charge in [0, 0.05) is 5.56 Å². The van der Waals surface area contributed by atoms with Crippen LogP contribution in [0.15, 0.2) is 90.5 Å². The number of esters is 1. The minimum atomic E-state index is -0.312. The van der Waals surface area contributed by atoms with Gasteiger partial charge >= 0.3 is 5.97 Å². The second-order valence-corrected chi connectivity index (χ2v) is 6.35. The Labute approximate surface area is 153 Å². The van der Waals surface area contributed by atoms with E-state index in [2.05, 4.69) is 12.1 Å². The third-order valence-electron chi connectivity index (χ3n) is 4.40. The van der Waals surface area contributed by atoms with E-state index in [9.17, 15) is 4.79 Å². The molecule has 0 spiro atoms. The average Bonchev–Trinajstić information content (AvgIpc) is 3.05. The first kappa shape index (κ1) is 16.1. The number of ether oxygens (including phenoxy) is 1. The SMILES string of the molecule is Cc1ccc(/C=C2\C=C(c3ccc(-c4ccccc4)cc3)OC2=O)cc1. The molecule has 0 atom stereocenters. The quantitative estimate of drug-likeness (QED) is 0.456. The van der Waals surface area contributed by atoms with Crippen LogP contribution in [-0.4, -0.2) is 5.97 Å². The van der Waals surface area contributed by atoms with Crippen LogP contribution in [0.3, 0.4) is 0 Å². The molecule has 0 bridgehead atoms. The zero-order valence-electron chi connectivity index (χ0n) is 14.5. The molecule has 0 saturated heterocycles. The minimum Gasteiger partial charge on any atom is -0.422 e. The molecule has 0 saturated carbocycles. The molecule has 2 heteroatoms. The average molecular weight is 338 g/mol. The summed E-state index contributed by atoms with van der Waals surface area (Å²) in [5, 5.41) is 0. The molecule has 0 fully saturated rings. The number of carbonyl (C=O) groups is 1. The first-order valence-electron chi connectivity index (χ1n) is 8.57. The molecule has 4 rings (SSSR count). The first-order chi connectivity index (χ1) is 12.7. The summed E-state index contributed by atoms with van der Waals surface area (Å²) in [6.07, 6.45) is 3.66. The van der Waals surface area contributed by atoms with Crippen molar-refractivity contribution in [1.29, 1.82) is 0 Å². The Balaban J connectivity index is 1.60. The van der Waals surface area contributed by atoms with Crippen LogP contribution >= 0.6 is 0 Å². The summed E-state index contributed by atoms with van der Waals surface area (Å²) < 4.78 is 5.46. The van der Waals surface area contributed by atoms with E-state index in [4.69, 9.17) is 4.74 Å². The highest BCUT2D eigenvalue weighted by atomic mass is 16.5. The van der Waals surface area contributed by atoms with Crippen molar-refractivity contribution >= 4 is 17.8 Å². The Hall–Kier alpha value is -3.39. The van der Waals surface area contributed by atoms with Crippen molar-refractivity contribution in [2.24, 2.45) is 0 Å². The molecule has 1 aliphatic heterocycles. The maximum Gasteiger partial charge on any atom is 0.343 e. The molecule has 1 aliphatic rings. The maximum atomic E-state index is 12.2. The fourth-order valence-electron chi connectivity index (χ4n) is 2.93. The van der Waals surface area contributed by atoms with Gasteiger partial charge in [-0.25, -0.2) is 4.79 Å².